The van der Waals surface area contributed by atoms with Gasteiger partial charge in [-0.1, -0.05) is 46.7 Å². The van der Waals surface area contributed by atoms with Crippen molar-refractivity contribution in [2.24, 2.45) is 0 Å². The van der Waals surface area contributed by atoms with Crippen LogP contribution >= 0.6 is 34.5 Å². The maximum Gasteiger partial charge on any atom is 0.274 e. The normalized spacial score (nSPS) is 14.9. The van der Waals surface area contributed by atoms with Gasteiger partial charge in [-0.05, 0) is 43.2 Å². The molecule has 1 fully saturated rings. The average molecular weight is 465 g/mol. The van der Waals surface area contributed by atoms with E-state index in [4.69, 9.17) is 32.7 Å². The number of fused-ring (bicyclic) bond motifs is 1. The summed E-state index contributed by atoms with van der Waals surface area (Å²) in [6, 6.07) is 9.14. The van der Waals surface area contributed by atoms with Crippen LogP contribution in [0.2, 0.25) is 10.0 Å². The van der Waals surface area contributed by atoms with Gasteiger partial charge >= 0.3 is 0 Å². The van der Waals surface area contributed by atoms with Crippen molar-refractivity contribution < 1.29 is 14.3 Å². The van der Waals surface area contributed by atoms with Gasteiger partial charge in [-0.25, -0.2) is 4.98 Å². The molecule has 0 N–H and O–H groups in total. The first-order valence-electron chi connectivity index (χ1n) is 9.80. The van der Waals surface area contributed by atoms with E-state index >= 15 is 0 Å². The number of benzene rings is 2. The summed E-state index contributed by atoms with van der Waals surface area (Å²) in [6.45, 7) is 5.36. The predicted molar refractivity (Wildman–Crippen MR) is 121 cm³/mol. The van der Waals surface area contributed by atoms with Crippen molar-refractivity contribution in [1.29, 1.82) is 0 Å². The zero-order valence-corrected chi connectivity index (χ0v) is 19.1. The number of carbonyl (C=O) groups is 1. The van der Waals surface area contributed by atoms with Crippen LogP contribution in [0, 0.1) is 13.8 Å². The molecule has 1 aliphatic heterocycles. The van der Waals surface area contributed by atoms with Gasteiger partial charge in [-0.3, -0.25) is 4.79 Å². The number of ether oxygens (including phenoxy) is 2. The topological polar surface area (TPSA) is 51.7 Å². The lowest BCUT2D eigenvalue weighted by Gasteiger charge is -2.31. The van der Waals surface area contributed by atoms with E-state index in [1.165, 1.54) is 10.3 Å². The molecule has 0 bridgehead atoms. The summed E-state index contributed by atoms with van der Waals surface area (Å²) in [5, 5.41) is 1.62. The van der Waals surface area contributed by atoms with E-state index in [1.807, 2.05) is 0 Å². The van der Waals surface area contributed by atoms with E-state index in [2.05, 4.69) is 31.0 Å². The van der Waals surface area contributed by atoms with E-state index in [-0.39, 0.29) is 18.6 Å². The fourth-order valence-electron chi connectivity index (χ4n) is 3.48. The molecule has 0 radical (unpaired) electrons. The van der Waals surface area contributed by atoms with Crippen LogP contribution < -0.4 is 9.47 Å². The monoisotopic (exact) mass is 464 g/mol. The van der Waals surface area contributed by atoms with Crippen molar-refractivity contribution in [3.05, 3.63) is 51.5 Å². The van der Waals surface area contributed by atoms with Crippen molar-refractivity contribution >= 4 is 50.7 Å². The highest BCUT2D eigenvalue weighted by atomic mass is 35.5. The average Bonchev–Trinajstić information content (AvgIpc) is 3.15. The summed E-state index contributed by atoms with van der Waals surface area (Å²) in [5.74, 6) is 0.389. The van der Waals surface area contributed by atoms with E-state index < -0.39 is 0 Å². The van der Waals surface area contributed by atoms with Gasteiger partial charge in [0.05, 0.1) is 15.2 Å². The molecule has 30 heavy (non-hydrogen) atoms. The Balaban J connectivity index is 1.30. The molecule has 4 rings (SSSR count). The van der Waals surface area contributed by atoms with Crippen LogP contribution in [0.3, 0.4) is 0 Å². The molecular weight excluding hydrogens is 443 g/mol. The van der Waals surface area contributed by atoms with Gasteiger partial charge in [-0.2, -0.15) is 0 Å². The zero-order valence-electron chi connectivity index (χ0n) is 16.8. The van der Waals surface area contributed by atoms with Crippen molar-refractivity contribution in [2.45, 2.75) is 32.8 Å². The van der Waals surface area contributed by atoms with Crippen LogP contribution in [0.1, 0.15) is 24.0 Å². The predicted octanol–water partition coefficient (Wildman–Crippen LogP) is 5.67. The third kappa shape index (κ3) is 4.66. The number of aryl methyl sites for hydroxylation is 2. The first-order chi connectivity index (χ1) is 14.4. The SMILES string of the molecule is Cc1ccc(C)c2sc(OC3CCN(C(=O)COc4ccc(Cl)cc4Cl)CC3)nc12. The van der Waals surface area contributed by atoms with E-state index in [9.17, 15) is 4.79 Å². The summed E-state index contributed by atoms with van der Waals surface area (Å²) < 4.78 is 12.9. The molecule has 0 spiro atoms. The summed E-state index contributed by atoms with van der Waals surface area (Å²) in [6.07, 6.45) is 1.59. The Hall–Kier alpha value is -2.02. The number of amides is 1. The van der Waals surface area contributed by atoms with Gasteiger partial charge in [0.2, 0.25) is 0 Å². The maximum absolute atomic E-state index is 12.5. The van der Waals surface area contributed by atoms with Gasteiger partial charge < -0.3 is 14.4 Å². The fourth-order valence-corrected chi connectivity index (χ4v) is 4.97. The van der Waals surface area contributed by atoms with Crippen LogP contribution in [0.4, 0.5) is 0 Å². The molecule has 0 atom stereocenters. The second-order valence-electron chi connectivity index (χ2n) is 7.42. The van der Waals surface area contributed by atoms with Crippen molar-refractivity contribution in [3.8, 4) is 10.9 Å². The Morgan fingerprint density at radius 3 is 2.60 bits per heavy atom. The molecule has 2 aromatic carbocycles. The van der Waals surface area contributed by atoms with Crippen LogP contribution in [0.25, 0.3) is 10.2 Å². The number of likely N-dealkylation sites (tertiary alicyclic amines) is 1. The lowest BCUT2D eigenvalue weighted by atomic mass is 10.1. The van der Waals surface area contributed by atoms with Crippen molar-refractivity contribution in [2.75, 3.05) is 19.7 Å². The third-order valence-corrected chi connectivity index (χ3v) is 6.84. The van der Waals surface area contributed by atoms with E-state index in [1.54, 1.807) is 34.4 Å². The number of aromatic nitrogens is 1. The van der Waals surface area contributed by atoms with Crippen LogP contribution in [0.5, 0.6) is 10.9 Å². The van der Waals surface area contributed by atoms with Crippen LogP contribution in [-0.4, -0.2) is 41.6 Å². The second-order valence-corrected chi connectivity index (χ2v) is 9.22. The van der Waals surface area contributed by atoms with E-state index in [0.717, 1.165) is 23.9 Å². The van der Waals surface area contributed by atoms with E-state index in [0.29, 0.717) is 34.1 Å². The van der Waals surface area contributed by atoms with Gasteiger partial charge in [0.25, 0.3) is 11.1 Å². The van der Waals surface area contributed by atoms with Crippen LogP contribution in [0.15, 0.2) is 30.3 Å². The summed E-state index contributed by atoms with van der Waals surface area (Å²) in [7, 11) is 0. The third-order valence-electron chi connectivity index (χ3n) is 5.23. The largest absolute Gasteiger partial charge is 0.482 e. The second kappa shape index (κ2) is 9.00. The smallest absolute Gasteiger partial charge is 0.274 e. The molecule has 1 saturated heterocycles. The number of hydrogen-bond donors (Lipinski definition) is 0. The Kier molecular flexibility index (Phi) is 6.37. The number of thiazole rings is 1. The number of rotatable bonds is 5. The van der Waals surface area contributed by atoms with Gasteiger partial charge in [0.1, 0.15) is 11.9 Å². The lowest BCUT2D eigenvalue weighted by molar-refractivity contribution is -0.135. The summed E-state index contributed by atoms with van der Waals surface area (Å²) in [5.41, 5.74) is 3.38. The van der Waals surface area contributed by atoms with Gasteiger partial charge in [0.15, 0.2) is 6.61 Å². The molecule has 0 aliphatic carbocycles. The highest BCUT2D eigenvalue weighted by Crippen LogP contribution is 2.33. The molecule has 0 saturated carbocycles. The van der Waals surface area contributed by atoms with Gasteiger partial charge in [0, 0.05) is 31.0 Å². The molecule has 3 aromatic rings. The standard InChI is InChI=1S/C22H22Cl2N2O3S/c1-13-3-4-14(2)21-20(13)25-22(30-21)29-16-7-9-26(10-8-16)19(27)12-28-18-6-5-15(23)11-17(18)24/h3-6,11,16H,7-10,12H2,1-2H3. The van der Waals surface area contributed by atoms with Gasteiger partial charge in [-0.15, -0.1) is 0 Å². The lowest BCUT2D eigenvalue weighted by Crippen LogP contribution is -2.43. The quantitative estimate of drug-likeness (QED) is 0.487. The highest BCUT2D eigenvalue weighted by Gasteiger charge is 2.25. The number of nitrogens with zero attached hydrogens (tertiary/aromatic N) is 2. The Labute approximate surface area is 189 Å². The molecule has 1 aliphatic rings. The van der Waals surface area contributed by atoms with Crippen molar-refractivity contribution in [3.63, 3.8) is 0 Å². The first-order valence-corrected chi connectivity index (χ1v) is 11.4. The fraction of sp³-hybridized carbons (Fsp3) is 0.364. The molecule has 8 heteroatoms. The molecule has 5 nitrogen and oxygen atoms in total. The molecule has 0 unspecified atom stereocenters. The number of piperidine rings is 1. The minimum Gasteiger partial charge on any atom is -0.482 e. The molecule has 1 amide bonds. The molecule has 158 valence electrons. The number of carbonyl (C=O) groups excluding carboxylic acids is 1. The summed E-state index contributed by atoms with van der Waals surface area (Å²) in [4.78, 5) is 19.0. The Morgan fingerprint density at radius 2 is 1.90 bits per heavy atom. The number of halogens is 2. The molecule has 2 heterocycles. The Morgan fingerprint density at radius 1 is 1.17 bits per heavy atom. The van der Waals surface area contributed by atoms with Crippen LogP contribution in [-0.2, 0) is 4.79 Å². The zero-order chi connectivity index (χ0) is 21.3. The molecule has 1 aromatic heterocycles. The number of hydrogen-bond acceptors (Lipinski definition) is 5. The minimum absolute atomic E-state index is 0.0523. The highest BCUT2D eigenvalue weighted by molar-refractivity contribution is 7.20. The minimum atomic E-state index is -0.0642. The summed E-state index contributed by atoms with van der Waals surface area (Å²) >= 11 is 13.6. The van der Waals surface area contributed by atoms with Crippen molar-refractivity contribution in [1.82, 2.24) is 9.88 Å². The maximum atomic E-state index is 12.5. The Bertz CT molecular complexity index is 1040. The first kappa shape index (κ1) is 21.2. The molecular formula is C22H22Cl2N2O3S.